The molecular weight excluding hydrogens is 210 g/mol. The molecule has 0 saturated carbocycles. The highest BCUT2D eigenvalue weighted by Crippen LogP contribution is 2.06. The highest BCUT2D eigenvalue weighted by molar-refractivity contribution is 5.94. The van der Waals surface area contributed by atoms with Gasteiger partial charge in [0, 0.05) is 32.2 Å². The van der Waals surface area contributed by atoms with E-state index < -0.39 is 6.03 Å². The molecule has 1 heterocycles. The molecule has 0 aliphatic carbocycles. The van der Waals surface area contributed by atoms with E-state index >= 15 is 0 Å². The number of carbonyl (C=O) groups is 2. The van der Waals surface area contributed by atoms with Gasteiger partial charge < -0.3 is 16.4 Å². The molecule has 0 bridgehead atoms. The lowest BCUT2D eigenvalue weighted by atomic mass is 10.1. The lowest BCUT2D eigenvalue weighted by Gasteiger charge is -2.38. The Morgan fingerprint density at radius 3 is 2.69 bits per heavy atom. The molecule has 0 aromatic heterocycles. The second-order valence-corrected chi connectivity index (χ2v) is 4.03. The summed E-state index contributed by atoms with van der Waals surface area (Å²) < 4.78 is 0. The zero-order chi connectivity index (χ0) is 12.1. The van der Waals surface area contributed by atoms with E-state index in [4.69, 9.17) is 11.5 Å². The number of nitrogens with two attached hydrogens (primary N) is 2. The van der Waals surface area contributed by atoms with Gasteiger partial charge in [0.05, 0.1) is 6.54 Å². The van der Waals surface area contributed by atoms with Gasteiger partial charge >= 0.3 is 6.03 Å². The van der Waals surface area contributed by atoms with Gasteiger partial charge in [-0.1, -0.05) is 0 Å². The number of piperazine rings is 1. The largest absolute Gasteiger partial charge is 0.351 e. The molecule has 16 heavy (non-hydrogen) atoms. The normalized spacial score (nSPS) is 23.0. The van der Waals surface area contributed by atoms with Gasteiger partial charge in [0.25, 0.3) is 0 Å². The minimum Gasteiger partial charge on any atom is -0.351 e. The smallest absolute Gasteiger partial charge is 0.318 e. The van der Waals surface area contributed by atoms with Crippen LogP contribution in [-0.4, -0.2) is 67.6 Å². The Labute approximate surface area is 94.7 Å². The van der Waals surface area contributed by atoms with Gasteiger partial charge in [-0.2, -0.15) is 0 Å². The van der Waals surface area contributed by atoms with Crippen molar-refractivity contribution in [3.8, 4) is 0 Å². The third-order valence-electron chi connectivity index (χ3n) is 2.69. The average Bonchev–Trinajstić information content (AvgIpc) is 2.19. The SMILES string of the molecule is CN1CCN(CC(=O)NC(N)=O)C(CN)C1. The molecule has 92 valence electrons. The number of hydrogen-bond acceptors (Lipinski definition) is 5. The van der Waals surface area contributed by atoms with Crippen LogP contribution in [0.5, 0.6) is 0 Å². The van der Waals surface area contributed by atoms with Crippen molar-refractivity contribution in [2.45, 2.75) is 6.04 Å². The minimum absolute atomic E-state index is 0.150. The number of imide groups is 1. The third kappa shape index (κ3) is 3.76. The molecule has 1 atom stereocenters. The molecule has 1 fully saturated rings. The van der Waals surface area contributed by atoms with Crippen LogP contribution in [0.4, 0.5) is 4.79 Å². The first kappa shape index (κ1) is 12.9. The Bertz CT molecular complexity index is 271. The van der Waals surface area contributed by atoms with Crippen LogP contribution in [0.2, 0.25) is 0 Å². The molecular formula is C9H19N5O2. The number of likely N-dealkylation sites (N-methyl/N-ethyl adjacent to an activating group) is 1. The van der Waals surface area contributed by atoms with Gasteiger partial charge in [-0.3, -0.25) is 15.0 Å². The maximum absolute atomic E-state index is 11.4. The number of urea groups is 1. The van der Waals surface area contributed by atoms with Gasteiger partial charge in [-0.25, -0.2) is 4.79 Å². The molecule has 7 nitrogen and oxygen atoms in total. The Hall–Kier alpha value is -1.18. The van der Waals surface area contributed by atoms with E-state index in [9.17, 15) is 9.59 Å². The first-order valence-corrected chi connectivity index (χ1v) is 5.25. The lowest BCUT2D eigenvalue weighted by molar-refractivity contribution is -0.122. The number of carbonyl (C=O) groups excluding carboxylic acids is 2. The molecule has 3 amide bonds. The molecule has 1 saturated heterocycles. The summed E-state index contributed by atoms with van der Waals surface area (Å²) in [5.41, 5.74) is 10.5. The van der Waals surface area contributed by atoms with Gasteiger partial charge in [0.15, 0.2) is 0 Å². The van der Waals surface area contributed by atoms with E-state index in [0.29, 0.717) is 6.54 Å². The molecule has 1 aliphatic rings. The average molecular weight is 229 g/mol. The van der Waals surface area contributed by atoms with Crippen molar-refractivity contribution < 1.29 is 9.59 Å². The van der Waals surface area contributed by atoms with E-state index in [1.165, 1.54) is 0 Å². The molecule has 0 aromatic rings. The molecule has 7 heteroatoms. The van der Waals surface area contributed by atoms with Gasteiger partial charge in [0.1, 0.15) is 0 Å². The molecule has 1 aliphatic heterocycles. The van der Waals surface area contributed by atoms with Crippen LogP contribution in [0.1, 0.15) is 0 Å². The lowest BCUT2D eigenvalue weighted by Crippen LogP contribution is -2.57. The topological polar surface area (TPSA) is 105 Å². The van der Waals surface area contributed by atoms with Crippen molar-refractivity contribution in [2.24, 2.45) is 11.5 Å². The predicted molar refractivity (Wildman–Crippen MR) is 59.6 cm³/mol. The van der Waals surface area contributed by atoms with Crippen LogP contribution in [0.25, 0.3) is 0 Å². The molecule has 0 spiro atoms. The first-order chi connectivity index (χ1) is 7.52. The van der Waals surface area contributed by atoms with Crippen LogP contribution in [0.3, 0.4) is 0 Å². The molecule has 1 unspecified atom stereocenters. The second-order valence-electron chi connectivity index (χ2n) is 4.03. The van der Waals surface area contributed by atoms with E-state index in [2.05, 4.69) is 4.90 Å². The summed E-state index contributed by atoms with van der Waals surface area (Å²) in [5.74, 6) is -0.379. The van der Waals surface area contributed by atoms with Crippen LogP contribution in [0, 0.1) is 0 Å². The van der Waals surface area contributed by atoms with Crippen molar-refractivity contribution in [3.63, 3.8) is 0 Å². The van der Waals surface area contributed by atoms with Crippen LogP contribution >= 0.6 is 0 Å². The van der Waals surface area contributed by atoms with E-state index in [1.807, 2.05) is 17.3 Å². The molecule has 0 aromatic carbocycles. The Kier molecular flexibility index (Phi) is 4.66. The maximum Gasteiger partial charge on any atom is 0.318 e. The van der Waals surface area contributed by atoms with Crippen molar-refractivity contribution in [1.29, 1.82) is 0 Å². The van der Waals surface area contributed by atoms with Crippen LogP contribution in [-0.2, 0) is 4.79 Å². The monoisotopic (exact) mass is 229 g/mol. The number of nitrogens with one attached hydrogen (secondary N) is 1. The van der Waals surface area contributed by atoms with E-state index in [0.717, 1.165) is 19.6 Å². The summed E-state index contributed by atoms with van der Waals surface area (Å²) >= 11 is 0. The highest BCUT2D eigenvalue weighted by Gasteiger charge is 2.25. The second kappa shape index (κ2) is 5.78. The number of amides is 3. The Morgan fingerprint density at radius 2 is 2.12 bits per heavy atom. The third-order valence-corrected chi connectivity index (χ3v) is 2.69. The van der Waals surface area contributed by atoms with E-state index in [1.54, 1.807) is 0 Å². The number of rotatable bonds is 3. The fourth-order valence-corrected chi connectivity index (χ4v) is 1.84. The van der Waals surface area contributed by atoms with Gasteiger partial charge in [-0.15, -0.1) is 0 Å². The summed E-state index contributed by atoms with van der Waals surface area (Å²) in [6, 6.07) is -0.666. The van der Waals surface area contributed by atoms with Crippen LogP contribution in [0.15, 0.2) is 0 Å². The Balaban J connectivity index is 2.45. The molecule has 1 rings (SSSR count). The summed E-state index contributed by atoms with van der Waals surface area (Å²) in [6.07, 6.45) is 0. The number of nitrogens with zero attached hydrogens (tertiary/aromatic N) is 2. The first-order valence-electron chi connectivity index (χ1n) is 5.25. The van der Waals surface area contributed by atoms with Crippen molar-refractivity contribution >= 4 is 11.9 Å². The zero-order valence-corrected chi connectivity index (χ0v) is 9.48. The quantitative estimate of drug-likeness (QED) is 0.507. The fourth-order valence-electron chi connectivity index (χ4n) is 1.84. The predicted octanol–water partition coefficient (Wildman–Crippen LogP) is -2.24. The van der Waals surface area contributed by atoms with Crippen molar-refractivity contribution in [1.82, 2.24) is 15.1 Å². The number of primary amides is 1. The van der Waals surface area contributed by atoms with Crippen molar-refractivity contribution in [2.75, 3.05) is 39.8 Å². The van der Waals surface area contributed by atoms with Crippen LogP contribution < -0.4 is 16.8 Å². The number of hydrogen-bond donors (Lipinski definition) is 3. The summed E-state index contributed by atoms with van der Waals surface area (Å²) in [5, 5.41) is 2.05. The molecule has 0 radical (unpaired) electrons. The highest BCUT2D eigenvalue weighted by atomic mass is 16.2. The molecule has 5 N–H and O–H groups in total. The minimum atomic E-state index is -0.816. The maximum atomic E-state index is 11.4. The zero-order valence-electron chi connectivity index (χ0n) is 9.48. The summed E-state index contributed by atoms with van der Waals surface area (Å²) in [7, 11) is 2.02. The summed E-state index contributed by atoms with van der Waals surface area (Å²) in [4.78, 5) is 26.0. The Morgan fingerprint density at radius 1 is 1.44 bits per heavy atom. The van der Waals surface area contributed by atoms with Gasteiger partial charge in [0.2, 0.25) is 5.91 Å². The van der Waals surface area contributed by atoms with Gasteiger partial charge in [-0.05, 0) is 7.05 Å². The van der Waals surface area contributed by atoms with E-state index in [-0.39, 0.29) is 18.5 Å². The standard InChI is InChI=1S/C9H19N5O2/c1-13-2-3-14(7(4-10)5-13)6-8(15)12-9(11)16/h7H,2-6,10H2,1H3,(H3,11,12,15,16). The fraction of sp³-hybridized carbons (Fsp3) is 0.778. The van der Waals surface area contributed by atoms with Crippen molar-refractivity contribution in [3.05, 3.63) is 0 Å². The summed E-state index contributed by atoms with van der Waals surface area (Å²) in [6.45, 7) is 3.15.